The van der Waals surface area contributed by atoms with Gasteiger partial charge >= 0.3 is 5.97 Å². The van der Waals surface area contributed by atoms with E-state index in [9.17, 15) is 4.79 Å². The molecule has 1 heterocycles. The van der Waals surface area contributed by atoms with Crippen molar-refractivity contribution >= 4 is 23.3 Å². The van der Waals surface area contributed by atoms with Gasteiger partial charge in [0.25, 0.3) is 0 Å². The number of rotatable bonds is 4. The third-order valence-corrected chi connectivity index (χ3v) is 3.43. The van der Waals surface area contributed by atoms with Crippen LogP contribution in [-0.2, 0) is 18.3 Å². The van der Waals surface area contributed by atoms with E-state index < -0.39 is 5.97 Å². The largest absolute Gasteiger partial charge is 0.465 e. The van der Waals surface area contributed by atoms with Crippen LogP contribution in [0.4, 0.5) is 5.69 Å². The number of hydrogen-bond acceptors (Lipinski definition) is 4. The summed E-state index contributed by atoms with van der Waals surface area (Å²) in [5.74, 6) is -0.419. The second-order valence-corrected chi connectivity index (χ2v) is 4.85. The Morgan fingerprint density at radius 2 is 2.25 bits per heavy atom. The zero-order valence-electron chi connectivity index (χ0n) is 11.6. The Bertz CT molecular complexity index is 637. The van der Waals surface area contributed by atoms with Crippen LogP contribution in [0.15, 0.2) is 24.4 Å². The molecule has 1 aromatic carbocycles. The van der Waals surface area contributed by atoms with Crippen LogP contribution < -0.4 is 5.32 Å². The van der Waals surface area contributed by atoms with Crippen LogP contribution in [0.25, 0.3) is 0 Å². The number of nitrogens with one attached hydrogen (secondary N) is 1. The fourth-order valence-electron chi connectivity index (χ4n) is 1.86. The number of carbonyl (C=O) groups is 1. The number of aryl methyl sites for hydroxylation is 1. The molecule has 2 aromatic rings. The van der Waals surface area contributed by atoms with Crippen molar-refractivity contribution in [2.45, 2.75) is 13.5 Å². The summed E-state index contributed by atoms with van der Waals surface area (Å²) in [6.07, 6.45) is 1.80. The van der Waals surface area contributed by atoms with Gasteiger partial charge in [0.1, 0.15) is 0 Å². The van der Waals surface area contributed by atoms with Gasteiger partial charge in [-0.1, -0.05) is 11.6 Å². The summed E-state index contributed by atoms with van der Waals surface area (Å²) in [4.78, 5) is 11.7. The lowest BCUT2D eigenvalue weighted by Gasteiger charge is -2.11. The van der Waals surface area contributed by atoms with Gasteiger partial charge < -0.3 is 10.1 Å². The van der Waals surface area contributed by atoms with Gasteiger partial charge in [-0.05, 0) is 25.1 Å². The maximum absolute atomic E-state index is 11.7. The lowest BCUT2D eigenvalue weighted by atomic mass is 10.1. The molecule has 0 bridgehead atoms. The molecule has 5 nitrogen and oxygen atoms in total. The minimum Gasteiger partial charge on any atom is -0.465 e. The third-order valence-electron chi connectivity index (χ3n) is 3.19. The Balaban J connectivity index is 2.21. The van der Waals surface area contributed by atoms with Gasteiger partial charge in [0.15, 0.2) is 0 Å². The number of nitrogens with zero attached hydrogens (tertiary/aromatic N) is 2. The Morgan fingerprint density at radius 3 is 2.85 bits per heavy atom. The number of esters is 1. The summed E-state index contributed by atoms with van der Waals surface area (Å²) < 4.78 is 6.56. The van der Waals surface area contributed by atoms with Crippen molar-refractivity contribution in [1.82, 2.24) is 9.78 Å². The van der Waals surface area contributed by atoms with Crippen molar-refractivity contribution in [1.29, 1.82) is 0 Å². The number of methoxy groups -OCH3 is 1. The first-order valence-electron chi connectivity index (χ1n) is 6.12. The van der Waals surface area contributed by atoms with E-state index in [0.29, 0.717) is 22.8 Å². The Morgan fingerprint density at radius 1 is 1.50 bits per heavy atom. The van der Waals surface area contributed by atoms with Crippen molar-refractivity contribution in [3.63, 3.8) is 0 Å². The van der Waals surface area contributed by atoms with E-state index in [0.717, 1.165) is 11.3 Å². The van der Waals surface area contributed by atoms with Crippen molar-refractivity contribution in [2.24, 2.45) is 7.05 Å². The van der Waals surface area contributed by atoms with Gasteiger partial charge in [0.05, 0.1) is 18.9 Å². The topological polar surface area (TPSA) is 56.1 Å². The second-order valence-electron chi connectivity index (χ2n) is 4.41. The van der Waals surface area contributed by atoms with Gasteiger partial charge in [-0.15, -0.1) is 0 Å². The van der Waals surface area contributed by atoms with Gasteiger partial charge in [-0.3, -0.25) is 4.68 Å². The van der Waals surface area contributed by atoms with Crippen LogP contribution >= 0.6 is 11.6 Å². The maximum Gasteiger partial charge on any atom is 0.340 e. The number of halogens is 1. The van der Waals surface area contributed by atoms with Crippen molar-refractivity contribution in [2.75, 3.05) is 12.4 Å². The quantitative estimate of drug-likeness (QED) is 0.881. The molecule has 0 aliphatic rings. The highest BCUT2D eigenvalue weighted by Gasteiger charge is 2.13. The highest BCUT2D eigenvalue weighted by molar-refractivity contribution is 6.31. The average Bonchev–Trinajstić information content (AvgIpc) is 2.76. The molecular weight excluding hydrogens is 278 g/mol. The molecule has 1 N–H and O–H groups in total. The molecule has 0 fully saturated rings. The monoisotopic (exact) mass is 293 g/mol. The highest BCUT2D eigenvalue weighted by Crippen LogP contribution is 2.22. The number of carbonyl (C=O) groups excluding carboxylic acids is 1. The van der Waals surface area contributed by atoms with E-state index >= 15 is 0 Å². The molecule has 0 atom stereocenters. The molecule has 0 unspecified atom stereocenters. The summed E-state index contributed by atoms with van der Waals surface area (Å²) in [5, 5.41) is 7.89. The summed E-state index contributed by atoms with van der Waals surface area (Å²) in [6, 6.07) is 5.08. The zero-order valence-corrected chi connectivity index (χ0v) is 12.4. The molecule has 106 valence electrons. The van der Waals surface area contributed by atoms with Crippen molar-refractivity contribution in [3.05, 3.63) is 46.2 Å². The molecule has 20 heavy (non-hydrogen) atoms. The molecule has 0 aliphatic heterocycles. The fraction of sp³-hybridized carbons (Fsp3) is 0.286. The lowest BCUT2D eigenvalue weighted by molar-refractivity contribution is 0.0602. The normalized spacial score (nSPS) is 10.4. The van der Waals surface area contributed by atoms with Crippen LogP contribution in [0, 0.1) is 6.92 Å². The molecule has 1 aromatic heterocycles. The highest BCUT2D eigenvalue weighted by atomic mass is 35.5. The molecule has 0 aliphatic carbocycles. The molecule has 2 rings (SSSR count). The first-order chi connectivity index (χ1) is 9.52. The number of aromatic nitrogens is 2. The number of anilines is 1. The maximum atomic E-state index is 11.7. The molecule has 6 heteroatoms. The van der Waals surface area contributed by atoms with Crippen LogP contribution in [0.3, 0.4) is 0 Å². The molecule has 0 saturated heterocycles. The number of benzene rings is 1. The first-order valence-corrected chi connectivity index (χ1v) is 6.50. The van der Waals surface area contributed by atoms with E-state index in [-0.39, 0.29) is 0 Å². The van der Waals surface area contributed by atoms with Crippen LogP contribution in [0.2, 0.25) is 5.02 Å². The number of hydrogen-bond donors (Lipinski definition) is 1. The molecule has 0 radical (unpaired) electrons. The minimum atomic E-state index is -0.419. The summed E-state index contributed by atoms with van der Waals surface area (Å²) in [5.41, 5.74) is 3.25. The fourth-order valence-corrected chi connectivity index (χ4v) is 2.03. The zero-order chi connectivity index (χ0) is 14.7. The van der Waals surface area contributed by atoms with Crippen LogP contribution in [0.1, 0.15) is 21.6 Å². The smallest absolute Gasteiger partial charge is 0.340 e. The summed E-state index contributed by atoms with van der Waals surface area (Å²) >= 11 is 5.91. The minimum absolute atomic E-state index is 0.418. The van der Waals surface area contributed by atoms with Crippen LogP contribution in [0.5, 0.6) is 0 Å². The van der Waals surface area contributed by atoms with Gasteiger partial charge in [0, 0.05) is 35.6 Å². The van der Waals surface area contributed by atoms with Crippen molar-refractivity contribution in [3.8, 4) is 0 Å². The van der Waals surface area contributed by atoms with E-state index in [2.05, 4.69) is 10.4 Å². The van der Waals surface area contributed by atoms with Gasteiger partial charge in [0.2, 0.25) is 0 Å². The predicted molar refractivity (Wildman–Crippen MR) is 78.1 cm³/mol. The van der Waals surface area contributed by atoms with E-state index in [4.69, 9.17) is 16.3 Å². The molecule has 0 spiro atoms. The van der Waals surface area contributed by atoms with E-state index in [1.807, 2.05) is 14.0 Å². The second kappa shape index (κ2) is 5.96. The predicted octanol–water partition coefficient (Wildman–Crippen LogP) is 2.78. The van der Waals surface area contributed by atoms with E-state index in [1.54, 1.807) is 29.1 Å². The first kappa shape index (κ1) is 14.4. The third kappa shape index (κ3) is 2.93. The molecule has 0 amide bonds. The standard InChI is InChI=1S/C14H16ClN3O2/c1-9-10(8-17-18(9)2)7-16-13-5-4-11(15)6-12(13)14(19)20-3/h4-6,8,16H,7H2,1-3H3. The SMILES string of the molecule is COC(=O)c1cc(Cl)ccc1NCc1cnn(C)c1C. The average molecular weight is 294 g/mol. The van der Waals surface area contributed by atoms with E-state index in [1.165, 1.54) is 7.11 Å². The Kier molecular flexibility index (Phi) is 4.29. The molecular formula is C14H16ClN3O2. The van der Waals surface area contributed by atoms with Gasteiger partial charge in [-0.2, -0.15) is 5.10 Å². The Labute approximate surface area is 122 Å². The summed E-state index contributed by atoms with van der Waals surface area (Å²) in [7, 11) is 3.24. The van der Waals surface area contributed by atoms with Gasteiger partial charge in [-0.25, -0.2) is 4.79 Å². The van der Waals surface area contributed by atoms with Crippen molar-refractivity contribution < 1.29 is 9.53 Å². The number of ether oxygens (including phenoxy) is 1. The Hall–Kier alpha value is -2.01. The molecule has 0 saturated carbocycles. The summed E-state index contributed by atoms with van der Waals surface area (Å²) in [6.45, 7) is 2.57. The lowest BCUT2D eigenvalue weighted by Crippen LogP contribution is -2.08. The van der Waals surface area contributed by atoms with Crippen LogP contribution in [-0.4, -0.2) is 22.9 Å².